The van der Waals surface area contributed by atoms with Gasteiger partial charge in [-0.2, -0.15) is 0 Å². The molecule has 1 N–H and O–H groups in total. The zero-order chi connectivity index (χ0) is 14.9. The molecule has 0 saturated heterocycles. The summed E-state index contributed by atoms with van der Waals surface area (Å²) in [5, 5.41) is 3.05. The van der Waals surface area contributed by atoms with Crippen LogP contribution in [0.15, 0.2) is 12.1 Å². The number of nitrogens with one attached hydrogen (secondary N) is 1. The first-order valence-corrected chi connectivity index (χ1v) is 6.78. The molecule has 3 nitrogen and oxygen atoms in total. The summed E-state index contributed by atoms with van der Waals surface area (Å²) in [6.07, 6.45) is 2.01. The van der Waals surface area contributed by atoms with Gasteiger partial charge in [-0.3, -0.25) is 0 Å². The van der Waals surface area contributed by atoms with Crippen LogP contribution in [-0.2, 0) is 4.74 Å². The van der Waals surface area contributed by atoms with Gasteiger partial charge in [-0.1, -0.05) is 13.8 Å². The number of esters is 1. The summed E-state index contributed by atoms with van der Waals surface area (Å²) in [5.74, 6) is -2.11. The Morgan fingerprint density at radius 3 is 2.50 bits per heavy atom. The Morgan fingerprint density at radius 1 is 1.25 bits per heavy atom. The summed E-state index contributed by atoms with van der Waals surface area (Å²) >= 11 is 0. The van der Waals surface area contributed by atoms with Crippen molar-refractivity contribution in [3.05, 3.63) is 29.3 Å². The van der Waals surface area contributed by atoms with Crippen LogP contribution in [0.4, 0.5) is 14.5 Å². The molecule has 0 spiro atoms. The number of anilines is 1. The van der Waals surface area contributed by atoms with Crippen molar-refractivity contribution >= 4 is 11.7 Å². The van der Waals surface area contributed by atoms with E-state index in [-0.39, 0.29) is 17.3 Å². The fourth-order valence-corrected chi connectivity index (χ4v) is 2.70. The molecule has 1 aromatic rings. The van der Waals surface area contributed by atoms with E-state index in [0.29, 0.717) is 11.8 Å². The predicted octanol–water partition coefficient (Wildman–Crippen LogP) is 3.60. The molecule has 1 fully saturated rings. The van der Waals surface area contributed by atoms with E-state index in [2.05, 4.69) is 23.9 Å². The van der Waals surface area contributed by atoms with E-state index in [0.717, 1.165) is 20.0 Å². The molecule has 1 aliphatic carbocycles. The van der Waals surface area contributed by atoms with Gasteiger partial charge < -0.3 is 10.1 Å². The lowest BCUT2D eigenvalue weighted by molar-refractivity contribution is 0.0594. The van der Waals surface area contributed by atoms with Crippen molar-refractivity contribution in [2.45, 2.75) is 32.7 Å². The molecule has 5 heteroatoms. The first-order valence-electron chi connectivity index (χ1n) is 6.78. The average Bonchev–Trinajstić information content (AvgIpc) is 2.75. The molecule has 1 aliphatic rings. The summed E-state index contributed by atoms with van der Waals surface area (Å²) in [4.78, 5) is 11.3. The van der Waals surface area contributed by atoms with Gasteiger partial charge >= 0.3 is 5.97 Å². The molecule has 1 saturated carbocycles. The molecule has 0 amide bonds. The van der Waals surface area contributed by atoms with Gasteiger partial charge in [0.1, 0.15) is 0 Å². The Labute approximate surface area is 117 Å². The van der Waals surface area contributed by atoms with Crippen LogP contribution in [0.2, 0.25) is 0 Å². The monoisotopic (exact) mass is 283 g/mol. The lowest BCUT2D eigenvalue weighted by Crippen LogP contribution is -2.25. The van der Waals surface area contributed by atoms with E-state index >= 15 is 0 Å². The molecule has 3 atom stereocenters. The first kappa shape index (κ1) is 14.8. The van der Waals surface area contributed by atoms with Crippen LogP contribution in [0.1, 0.15) is 37.0 Å². The minimum absolute atomic E-state index is 0.0982. The van der Waals surface area contributed by atoms with Crippen molar-refractivity contribution in [2.24, 2.45) is 11.8 Å². The Balaban J connectivity index is 2.22. The van der Waals surface area contributed by atoms with E-state index in [9.17, 15) is 13.6 Å². The first-order chi connectivity index (χ1) is 9.45. The predicted molar refractivity (Wildman–Crippen MR) is 72.7 cm³/mol. The van der Waals surface area contributed by atoms with Gasteiger partial charge in [0.15, 0.2) is 11.6 Å². The molecular weight excluding hydrogens is 264 g/mol. The van der Waals surface area contributed by atoms with Crippen LogP contribution in [0.25, 0.3) is 0 Å². The maximum atomic E-state index is 14.0. The highest BCUT2D eigenvalue weighted by Gasteiger charge is 2.30. The molecular formula is C15H19F2NO2. The third-order valence-electron chi connectivity index (χ3n) is 4.29. The Kier molecular flexibility index (Phi) is 4.26. The van der Waals surface area contributed by atoms with Crippen LogP contribution < -0.4 is 5.32 Å². The molecule has 2 rings (SSSR count). The van der Waals surface area contributed by atoms with E-state index in [1.54, 1.807) is 0 Å². The van der Waals surface area contributed by atoms with Crippen molar-refractivity contribution in [2.75, 3.05) is 12.4 Å². The average molecular weight is 283 g/mol. The second-order valence-electron chi connectivity index (χ2n) is 5.44. The highest BCUT2D eigenvalue weighted by molar-refractivity contribution is 5.90. The molecule has 3 unspecified atom stereocenters. The molecule has 110 valence electrons. The van der Waals surface area contributed by atoms with Crippen LogP contribution in [0.3, 0.4) is 0 Å². The maximum Gasteiger partial charge on any atom is 0.340 e. The number of halogens is 2. The van der Waals surface area contributed by atoms with E-state index < -0.39 is 17.6 Å². The summed E-state index contributed by atoms with van der Waals surface area (Å²) in [5.41, 5.74) is -0.288. The Hall–Kier alpha value is -1.65. The van der Waals surface area contributed by atoms with E-state index in [1.807, 2.05) is 0 Å². The van der Waals surface area contributed by atoms with E-state index in [1.165, 1.54) is 12.1 Å². The fraction of sp³-hybridized carbons (Fsp3) is 0.533. The van der Waals surface area contributed by atoms with Gasteiger partial charge in [-0.15, -0.1) is 0 Å². The number of ether oxygens (including phenoxy) is 1. The van der Waals surface area contributed by atoms with Crippen molar-refractivity contribution in [1.29, 1.82) is 0 Å². The van der Waals surface area contributed by atoms with Crippen LogP contribution >= 0.6 is 0 Å². The summed E-state index contributed by atoms with van der Waals surface area (Å²) < 4.78 is 32.2. The van der Waals surface area contributed by atoms with Gasteiger partial charge in [0.25, 0.3) is 0 Å². The molecule has 0 radical (unpaired) electrons. The Morgan fingerprint density at radius 2 is 1.95 bits per heavy atom. The second-order valence-corrected chi connectivity index (χ2v) is 5.44. The number of carbonyl (C=O) groups is 1. The van der Waals surface area contributed by atoms with Crippen molar-refractivity contribution in [1.82, 2.24) is 0 Å². The molecule has 0 aliphatic heterocycles. The smallest absolute Gasteiger partial charge is 0.340 e. The van der Waals surface area contributed by atoms with Crippen molar-refractivity contribution in [3.8, 4) is 0 Å². The normalized spacial score (nSPS) is 25.6. The zero-order valence-corrected chi connectivity index (χ0v) is 11.9. The van der Waals surface area contributed by atoms with Crippen LogP contribution in [0.5, 0.6) is 0 Å². The maximum absolute atomic E-state index is 14.0. The highest BCUT2D eigenvalue weighted by Crippen LogP contribution is 2.34. The molecule has 20 heavy (non-hydrogen) atoms. The number of carbonyl (C=O) groups excluding carboxylic acids is 1. The molecule has 0 bridgehead atoms. The summed E-state index contributed by atoms with van der Waals surface area (Å²) in [6.45, 7) is 4.26. The topological polar surface area (TPSA) is 38.3 Å². The second kappa shape index (κ2) is 5.77. The Bertz CT molecular complexity index is 519. The van der Waals surface area contributed by atoms with Gasteiger partial charge in [0.2, 0.25) is 0 Å². The molecule has 1 aromatic carbocycles. The number of benzene rings is 1. The molecule has 0 aromatic heterocycles. The standard InChI is InChI=1S/C15H19F2NO2/c1-8-4-6-11(9(8)2)18-12-7-5-10(15(19)20-3)13(16)14(12)17/h5,7-9,11,18H,4,6H2,1-3H3. The molecule has 0 heterocycles. The van der Waals surface area contributed by atoms with Crippen LogP contribution in [0, 0.1) is 23.5 Å². The SMILES string of the molecule is COC(=O)c1ccc(NC2CCC(C)C2C)c(F)c1F. The zero-order valence-electron chi connectivity index (χ0n) is 11.9. The van der Waals surface area contributed by atoms with Crippen molar-refractivity contribution in [3.63, 3.8) is 0 Å². The third-order valence-corrected chi connectivity index (χ3v) is 4.29. The van der Waals surface area contributed by atoms with Crippen LogP contribution in [-0.4, -0.2) is 19.1 Å². The summed E-state index contributed by atoms with van der Waals surface area (Å²) in [7, 11) is 1.13. The highest BCUT2D eigenvalue weighted by atomic mass is 19.2. The van der Waals surface area contributed by atoms with Gasteiger partial charge in [0, 0.05) is 6.04 Å². The number of hydrogen-bond donors (Lipinski definition) is 1. The largest absolute Gasteiger partial charge is 0.465 e. The quantitative estimate of drug-likeness (QED) is 0.861. The number of hydrogen-bond acceptors (Lipinski definition) is 3. The number of methoxy groups -OCH3 is 1. The van der Waals surface area contributed by atoms with Gasteiger partial charge in [0.05, 0.1) is 18.4 Å². The van der Waals surface area contributed by atoms with E-state index in [4.69, 9.17) is 0 Å². The third kappa shape index (κ3) is 2.62. The van der Waals surface area contributed by atoms with Gasteiger partial charge in [-0.05, 0) is 36.8 Å². The minimum Gasteiger partial charge on any atom is -0.465 e. The van der Waals surface area contributed by atoms with Crippen molar-refractivity contribution < 1.29 is 18.3 Å². The summed E-state index contributed by atoms with van der Waals surface area (Å²) in [6, 6.07) is 2.76. The lowest BCUT2D eigenvalue weighted by atomic mass is 9.97. The number of rotatable bonds is 3. The minimum atomic E-state index is -1.17. The van der Waals surface area contributed by atoms with Gasteiger partial charge in [-0.25, -0.2) is 13.6 Å². The fourth-order valence-electron chi connectivity index (χ4n) is 2.70. The lowest BCUT2D eigenvalue weighted by Gasteiger charge is -2.21.